The molecule has 0 saturated heterocycles. The molecule has 0 aliphatic rings. The van der Waals surface area contributed by atoms with Gasteiger partial charge in [-0.1, -0.05) is 32.4 Å². The Hall–Kier alpha value is -4.24. The molecule has 15 heteroatoms. The number of carbonyl (C=O) groups is 6. The second-order valence-corrected chi connectivity index (χ2v) is 9.39. The molecule has 40 heavy (non-hydrogen) atoms. The zero-order valence-electron chi connectivity index (χ0n) is 22.5. The summed E-state index contributed by atoms with van der Waals surface area (Å²) in [6.07, 6.45) is -0.278. The first-order valence-electron chi connectivity index (χ1n) is 12.6. The van der Waals surface area contributed by atoms with Crippen LogP contribution in [0.25, 0.3) is 0 Å². The van der Waals surface area contributed by atoms with Crippen molar-refractivity contribution in [2.24, 2.45) is 17.4 Å². The fraction of sp³-hybridized carbons (Fsp3) is 0.520. The predicted octanol–water partition coefficient (Wildman–Crippen LogP) is -2.78. The van der Waals surface area contributed by atoms with E-state index in [2.05, 4.69) is 21.3 Å². The number of nitrogens with one attached hydrogen (secondary N) is 4. The highest BCUT2D eigenvalue weighted by Gasteiger charge is 2.33. The summed E-state index contributed by atoms with van der Waals surface area (Å²) in [7, 11) is 0. The SMILES string of the molecule is CC[C@H](C)[C@H](NC(=O)[C@H](C)NC(=O)[C@H](Cc1ccc(O)cc1)NC(=O)[C@@H](N)CO)C(=O)N[C@@H](CC(N)=O)C(=O)O. The third-order valence-corrected chi connectivity index (χ3v) is 6.11. The van der Waals surface area contributed by atoms with E-state index in [4.69, 9.17) is 16.6 Å². The van der Waals surface area contributed by atoms with E-state index in [0.717, 1.165) is 0 Å². The topological polar surface area (TPSA) is 263 Å². The first-order valence-corrected chi connectivity index (χ1v) is 12.6. The van der Waals surface area contributed by atoms with Crippen LogP contribution < -0.4 is 32.7 Å². The monoisotopic (exact) mass is 566 g/mol. The Labute approximate surface area is 231 Å². The number of primary amides is 1. The summed E-state index contributed by atoms with van der Waals surface area (Å²) >= 11 is 0. The van der Waals surface area contributed by atoms with Gasteiger partial charge in [-0.25, -0.2) is 4.79 Å². The Morgan fingerprint density at radius 1 is 0.850 bits per heavy atom. The summed E-state index contributed by atoms with van der Waals surface area (Å²) in [4.78, 5) is 73.7. The molecule has 0 radical (unpaired) electrons. The number of amides is 5. The number of phenolic OH excluding ortho intramolecular Hbond substituents is 1. The van der Waals surface area contributed by atoms with Crippen molar-refractivity contribution in [2.45, 2.75) is 70.2 Å². The van der Waals surface area contributed by atoms with Crippen molar-refractivity contribution in [3.63, 3.8) is 0 Å². The van der Waals surface area contributed by atoms with Crippen molar-refractivity contribution in [1.82, 2.24) is 21.3 Å². The van der Waals surface area contributed by atoms with E-state index < -0.39 is 84.7 Å². The molecule has 0 spiro atoms. The number of nitrogens with two attached hydrogens (primary N) is 2. The number of aliphatic hydroxyl groups is 1. The molecule has 0 unspecified atom stereocenters. The standard InChI is InChI=1S/C25H38N6O9/c1-4-12(2)20(24(38)30-18(25(39)40)10-19(27)34)31-21(35)13(3)28-23(37)17(29-22(36)16(26)11-32)9-14-5-7-15(33)8-6-14/h5-8,12-13,16-18,20,32-33H,4,9-11,26H2,1-3H3,(H2,27,34)(H,28,37)(H,29,36)(H,30,38)(H,31,35)(H,39,40)/t12-,13-,16-,17-,18-,20-/m0/s1. The molecule has 222 valence electrons. The Balaban J connectivity index is 3.02. The number of aliphatic carboxylic acids is 1. The maximum atomic E-state index is 13.1. The highest BCUT2D eigenvalue weighted by atomic mass is 16.4. The number of carbonyl (C=O) groups excluding carboxylic acids is 5. The zero-order chi connectivity index (χ0) is 30.6. The van der Waals surface area contributed by atoms with Crippen molar-refractivity contribution in [3.05, 3.63) is 29.8 Å². The summed E-state index contributed by atoms with van der Waals surface area (Å²) in [5.41, 5.74) is 11.2. The summed E-state index contributed by atoms with van der Waals surface area (Å²) in [6, 6.07) is -0.692. The third kappa shape index (κ3) is 10.9. The molecular weight excluding hydrogens is 528 g/mol. The first kappa shape index (κ1) is 33.8. The van der Waals surface area contributed by atoms with Gasteiger partial charge in [-0.05, 0) is 30.5 Å². The van der Waals surface area contributed by atoms with Crippen LogP contribution in [0.2, 0.25) is 0 Å². The molecule has 5 amide bonds. The molecule has 0 bridgehead atoms. The number of hydrogen-bond acceptors (Lipinski definition) is 9. The number of aliphatic hydroxyl groups excluding tert-OH is 1. The minimum Gasteiger partial charge on any atom is -0.508 e. The van der Waals surface area contributed by atoms with Crippen molar-refractivity contribution in [1.29, 1.82) is 0 Å². The van der Waals surface area contributed by atoms with E-state index >= 15 is 0 Å². The number of phenols is 1. The van der Waals surface area contributed by atoms with E-state index in [1.807, 2.05) is 0 Å². The zero-order valence-corrected chi connectivity index (χ0v) is 22.5. The van der Waals surface area contributed by atoms with Gasteiger partial charge in [-0.3, -0.25) is 24.0 Å². The van der Waals surface area contributed by atoms with Gasteiger partial charge in [-0.15, -0.1) is 0 Å². The minimum atomic E-state index is -1.60. The Morgan fingerprint density at radius 3 is 1.93 bits per heavy atom. The normalized spacial score (nSPS) is 15.3. The number of carboxylic acid groups (broad SMARTS) is 1. The maximum absolute atomic E-state index is 13.1. The molecule has 1 aromatic rings. The van der Waals surface area contributed by atoms with Gasteiger partial charge in [0.05, 0.1) is 13.0 Å². The quantitative estimate of drug-likeness (QED) is 0.0993. The molecule has 0 heterocycles. The minimum absolute atomic E-state index is 0.00872. The predicted molar refractivity (Wildman–Crippen MR) is 141 cm³/mol. The summed E-state index contributed by atoms with van der Waals surface area (Å²) in [5, 5.41) is 37.5. The van der Waals surface area contributed by atoms with Crippen LogP contribution in [0.5, 0.6) is 5.75 Å². The van der Waals surface area contributed by atoms with Gasteiger partial charge >= 0.3 is 5.97 Å². The second kappa shape index (κ2) is 16.0. The molecule has 0 aliphatic heterocycles. The van der Waals surface area contributed by atoms with Crippen molar-refractivity contribution in [2.75, 3.05) is 6.61 Å². The number of hydrogen-bond donors (Lipinski definition) is 9. The summed E-state index contributed by atoms with van der Waals surface area (Å²) in [5.74, 6) is -6.11. The Kier molecular flexibility index (Phi) is 13.5. The van der Waals surface area contributed by atoms with Crippen molar-refractivity contribution in [3.8, 4) is 5.75 Å². The maximum Gasteiger partial charge on any atom is 0.326 e. The van der Waals surface area contributed by atoms with Gasteiger partial charge < -0.3 is 48.1 Å². The van der Waals surface area contributed by atoms with Gasteiger partial charge in [-0.2, -0.15) is 0 Å². The fourth-order valence-corrected chi connectivity index (χ4v) is 3.46. The largest absolute Gasteiger partial charge is 0.508 e. The molecule has 1 rings (SSSR count). The number of benzene rings is 1. The van der Waals surface area contributed by atoms with Crippen molar-refractivity contribution < 1.29 is 44.1 Å². The van der Waals surface area contributed by atoms with Crippen LogP contribution in [0.15, 0.2) is 24.3 Å². The lowest BCUT2D eigenvalue weighted by Gasteiger charge is -2.27. The molecular formula is C25H38N6O9. The van der Waals surface area contributed by atoms with Crippen LogP contribution in [-0.4, -0.2) is 87.6 Å². The van der Waals surface area contributed by atoms with Crippen LogP contribution in [-0.2, 0) is 35.2 Å². The Morgan fingerprint density at radius 2 is 1.43 bits per heavy atom. The van der Waals surface area contributed by atoms with E-state index in [1.165, 1.54) is 31.2 Å². The third-order valence-electron chi connectivity index (χ3n) is 6.11. The second-order valence-electron chi connectivity index (χ2n) is 9.39. The van der Waals surface area contributed by atoms with Gasteiger partial charge in [0.2, 0.25) is 29.5 Å². The van der Waals surface area contributed by atoms with Gasteiger partial charge in [0.1, 0.15) is 36.0 Å². The van der Waals surface area contributed by atoms with Crippen LogP contribution in [0.3, 0.4) is 0 Å². The van der Waals surface area contributed by atoms with E-state index in [-0.39, 0.29) is 12.2 Å². The van der Waals surface area contributed by atoms with E-state index in [0.29, 0.717) is 12.0 Å². The lowest BCUT2D eigenvalue weighted by Crippen LogP contribution is -2.59. The summed E-state index contributed by atoms with van der Waals surface area (Å²) < 4.78 is 0. The molecule has 0 saturated carbocycles. The summed E-state index contributed by atoms with van der Waals surface area (Å²) in [6.45, 7) is 4.06. The highest BCUT2D eigenvalue weighted by Crippen LogP contribution is 2.12. The van der Waals surface area contributed by atoms with Crippen LogP contribution >= 0.6 is 0 Å². The lowest BCUT2D eigenvalue weighted by atomic mass is 9.97. The molecule has 1 aromatic carbocycles. The van der Waals surface area contributed by atoms with Crippen LogP contribution in [0.1, 0.15) is 39.2 Å². The molecule has 0 aromatic heterocycles. The van der Waals surface area contributed by atoms with Gasteiger partial charge in [0.15, 0.2) is 0 Å². The molecule has 0 aliphatic carbocycles. The van der Waals surface area contributed by atoms with Crippen molar-refractivity contribution >= 4 is 35.5 Å². The number of carboxylic acids is 1. The Bertz CT molecular complexity index is 1070. The van der Waals surface area contributed by atoms with Gasteiger partial charge in [0, 0.05) is 6.42 Å². The van der Waals surface area contributed by atoms with Crippen LogP contribution in [0, 0.1) is 5.92 Å². The first-order chi connectivity index (χ1) is 18.7. The van der Waals surface area contributed by atoms with Crippen LogP contribution in [0.4, 0.5) is 0 Å². The molecule has 15 nitrogen and oxygen atoms in total. The average Bonchev–Trinajstić information content (AvgIpc) is 2.90. The van der Waals surface area contributed by atoms with E-state index in [9.17, 15) is 39.0 Å². The molecule has 6 atom stereocenters. The smallest absolute Gasteiger partial charge is 0.326 e. The van der Waals surface area contributed by atoms with E-state index in [1.54, 1.807) is 13.8 Å². The molecule has 11 N–H and O–H groups in total. The highest BCUT2D eigenvalue weighted by molar-refractivity contribution is 5.96. The molecule has 0 fully saturated rings. The number of aromatic hydroxyl groups is 1. The average molecular weight is 567 g/mol. The fourth-order valence-electron chi connectivity index (χ4n) is 3.46. The number of rotatable bonds is 16. The van der Waals surface area contributed by atoms with Gasteiger partial charge in [0.25, 0.3) is 0 Å². The lowest BCUT2D eigenvalue weighted by molar-refractivity contribution is -0.144.